The molecular formula is C19H25F3N2O5S. The lowest BCUT2D eigenvalue weighted by molar-refractivity contribution is -0.160. The fourth-order valence-electron chi connectivity index (χ4n) is 3.12. The Morgan fingerprint density at radius 1 is 1.13 bits per heavy atom. The molecule has 1 atom stereocenters. The van der Waals surface area contributed by atoms with E-state index in [0.29, 0.717) is 0 Å². The molecule has 168 valence electrons. The Bertz CT molecular complexity index is 878. The molecule has 1 aromatic rings. The number of nitrogens with zero attached hydrogens (tertiary/aromatic N) is 1. The number of carbonyl (C=O) groups is 2. The monoisotopic (exact) mass is 450 g/mol. The van der Waals surface area contributed by atoms with Crippen LogP contribution in [0.1, 0.15) is 39.2 Å². The Hall–Kier alpha value is -2.14. The molecule has 0 aromatic heterocycles. The molecule has 2 rings (SSSR count). The van der Waals surface area contributed by atoms with Crippen LogP contribution < -0.4 is 5.32 Å². The van der Waals surface area contributed by atoms with Crippen LogP contribution in [0.3, 0.4) is 0 Å². The highest BCUT2D eigenvalue weighted by Gasteiger charge is 2.40. The third-order valence-electron chi connectivity index (χ3n) is 4.69. The molecular weight excluding hydrogens is 425 g/mol. The third-order valence-corrected chi connectivity index (χ3v) is 6.65. The zero-order valence-corrected chi connectivity index (χ0v) is 17.7. The predicted octanol–water partition coefficient (Wildman–Crippen LogP) is 2.56. The van der Waals surface area contributed by atoms with Gasteiger partial charge in [0, 0.05) is 19.1 Å². The van der Waals surface area contributed by atoms with Gasteiger partial charge in [0.2, 0.25) is 10.0 Å². The van der Waals surface area contributed by atoms with Crippen molar-refractivity contribution in [1.82, 2.24) is 9.62 Å². The zero-order chi connectivity index (χ0) is 22.7. The Morgan fingerprint density at radius 2 is 1.70 bits per heavy atom. The summed E-state index contributed by atoms with van der Waals surface area (Å²) in [6.45, 7) is 4.71. The van der Waals surface area contributed by atoms with Gasteiger partial charge in [-0.3, -0.25) is 9.59 Å². The van der Waals surface area contributed by atoms with Crippen LogP contribution in [0.25, 0.3) is 0 Å². The highest BCUT2D eigenvalue weighted by Crippen LogP contribution is 2.36. The molecule has 0 spiro atoms. The van der Waals surface area contributed by atoms with Gasteiger partial charge in [-0.15, -0.1) is 0 Å². The van der Waals surface area contributed by atoms with Crippen LogP contribution in [-0.2, 0) is 30.5 Å². The molecule has 1 N–H and O–H groups in total. The molecule has 30 heavy (non-hydrogen) atoms. The number of halogens is 3. The van der Waals surface area contributed by atoms with Crippen LogP contribution >= 0.6 is 0 Å². The summed E-state index contributed by atoms with van der Waals surface area (Å²) in [4.78, 5) is 23.3. The minimum Gasteiger partial charge on any atom is -0.452 e. The van der Waals surface area contributed by atoms with Crippen molar-refractivity contribution in [3.63, 3.8) is 0 Å². The summed E-state index contributed by atoms with van der Waals surface area (Å²) in [6.07, 6.45) is -5.63. The lowest BCUT2D eigenvalue weighted by Gasteiger charge is -2.31. The Morgan fingerprint density at radius 3 is 2.23 bits per heavy atom. The summed E-state index contributed by atoms with van der Waals surface area (Å²) >= 11 is 0. The minimum absolute atomic E-state index is 0.0881. The molecule has 0 bridgehead atoms. The van der Waals surface area contributed by atoms with E-state index in [2.05, 4.69) is 5.32 Å². The van der Waals surface area contributed by atoms with Gasteiger partial charge in [0.1, 0.15) is 0 Å². The van der Waals surface area contributed by atoms with Gasteiger partial charge in [0.25, 0.3) is 5.91 Å². The van der Waals surface area contributed by atoms with E-state index in [1.807, 2.05) is 0 Å². The normalized spacial score (nSPS) is 17.6. The van der Waals surface area contributed by atoms with Crippen LogP contribution in [0.5, 0.6) is 0 Å². The van der Waals surface area contributed by atoms with Crippen LogP contribution in [0.15, 0.2) is 29.2 Å². The van der Waals surface area contributed by atoms with Gasteiger partial charge >= 0.3 is 12.1 Å². The molecule has 1 heterocycles. The first-order valence-electron chi connectivity index (χ1n) is 9.51. The molecule has 1 aliphatic rings. The van der Waals surface area contributed by atoms with Crippen molar-refractivity contribution >= 4 is 21.9 Å². The van der Waals surface area contributed by atoms with Gasteiger partial charge < -0.3 is 10.1 Å². The maximum Gasteiger partial charge on any atom is 0.417 e. The molecule has 0 aliphatic carbocycles. The third kappa shape index (κ3) is 5.72. The number of sulfonamides is 1. The van der Waals surface area contributed by atoms with E-state index in [9.17, 15) is 31.2 Å². The van der Waals surface area contributed by atoms with Gasteiger partial charge in [0.05, 0.1) is 16.4 Å². The van der Waals surface area contributed by atoms with Crippen LogP contribution in [-0.4, -0.2) is 49.8 Å². The molecule has 1 unspecified atom stereocenters. The summed E-state index contributed by atoms with van der Waals surface area (Å²) in [5.41, 5.74) is -1.23. The van der Waals surface area contributed by atoms with Crippen molar-refractivity contribution in [2.24, 2.45) is 5.92 Å². The summed E-state index contributed by atoms with van der Waals surface area (Å²) in [5, 5.41) is 2.62. The van der Waals surface area contributed by atoms with Crippen molar-refractivity contribution < 1.29 is 35.9 Å². The topological polar surface area (TPSA) is 92.8 Å². The van der Waals surface area contributed by atoms with Gasteiger partial charge in [-0.05, 0) is 45.7 Å². The van der Waals surface area contributed by atoms with E-state index in [1.165, 1.54) is 13.0 Å². The molecule has 7 nitrogen and oxygen atoms in total. The summed E-state index contributed by atoms with van der Waals surface area (Å²) in [5.74, 6) is -1.71. The second kappa shape index (κ2) is 9.34. The Balaban J connectivity index is 2.04. The van der Waals surface area contributed by atoms with Crippen LogP contribution in [0, 0.1) is 5.92 Å². The molecule has 1 aromatic carbocycles. The van der Waals surface area contributed by atoms with Crippen LogP contribution in [0.2, 0.25) is 0 Å². The number of rotatable bonds is 6. The first kappa shape index (κ1) is 24.1. The van der Waals surface area contributed by atoms with Gasteiger partial charge in [-0.2, -0.15) is 17.5 Å². The number of piperidine rings is 1. The first-order chi connectivity index (χ1) is 13.8. The van der Waals surface area contributed by atoms with Gasteiger partial charge in [-0.1, -0.05) is 12.1 Å². The van der Waals surface area contributed by atoms with Gasteiger partial charge in [-0.25, -0.2) is 8.42 Å². The molecule has 0 saturated carbocycles. The van der Waals surface area contributed by atoms with Crippen molar-refractivity contribution in [3.05, 3.63) is 29.8 Å². The van der Waals surface area contributed by atoms with E-state index >= 15 is 0 Å². The highest BCUT2D eigenvalue weighted by molar-refractivity contribution is 7.89. The average molecular weight is 450 g/mol. The first-order valence-corrected chi connectivity index (χ1v) is 10.9. The fourth-order valence-corrected chi connectivity index (χ4v) is 4.80. The smallest absolute Gasteiger partial charge is 0.417 e. The number of hydrogen-bond acceptors (Lipinski definition) is 5. The minimum atomic E-state index is -4.81. The molecule has 0 radical (unpaired) electrons. The van der Waals surface area contributed by atoms with E-state index in [1.54, 1.807) is 13.8 Å². The molecule has 1 aliphatic heterocycles. The maximum atomic E-state index is 13.2. The van der Waals surface area contributed by atoms with Crippen molar-refractivity contribution in [1.29, 1.82) is 0 Å². The quantitative estimate of drug-likeness (QED) is 0.673. The second-order valence-corrected chi connectivity index (χ2v) is 9.32. The van der Waals surface area contributed by atoms with Crippen LogP contribution in [0.4, 0.5) is 13.2 Å². The SMILES string of the molecule is CC(C)NC(=O)C(C)OC(=O)C1CCN(S(=O)(=O)c2ccccc2C(F)(F)F)CC1. The molecule has 1 saturated heterocycles. The van der Waals surface area contributed by atoms with Crippen molar-refractivity contribution in [3.8, 4) is 0 Å². The van der Waals surface area contributed by atoms with Gasteiger partial charge in [0.15, 0.2) is 6.10 Å². The molecule has 11 heteroatoms. The summed E-state index contributed by atoms with van der Waals surface area (Å²) in [6, 6.07) is 3.89. The number of hydrogen-bond donors (Lipinski definition) is 1. The Kier molecular flexibility index (Phi) is 7.51. The number of amides is 1. The lowest BCUT2D eigenvalue weighted by atomic mass is 9.98. The van der Waals surface area contributed by atoms with Crippen molar-refractivity contribution in [2.75, 3.05) is 13.1 Å². The fraction of sp³-hybridized carbons (Fsp3) is 0.579. The average Bonchev–Trinajstić information content (AvgIpc) is 2.66. The number of ether oxygens (including phenoxy) is 1. The highest BCUT2D eigenvalue weighted by atomic mass is 32.2. The summed E-state index contributed by atoms with van der Waals surface area (Å²) < 4.78 is 71.2. The number of nitrogens with one attached hydrogen (secondary N) is 1. The molecule has 1 fully saturated rings. The maximum absolute atomic E-state index is 13.2. The number of benzene rings is 1. The Labute approximate surface area is 173 Å². The number of carbonyl (C=O) groups excluding carboxylic acids is 2. The summed E-state index contributed by atoms with van der Waals surface area (Å²) in [7, 11) is -4.38. The zero-order valence-electron chi connectivity index (χ0n) is 16.9. The number of esters is 1. The van der Waals surface area contributed by atoms with E-state index < -0.39 is 50.6 Å². The van der Waals surface area contributed by atoms with Crippen molar-refractivity contribution in [2.45, 2.75) is 56.8 Å². The second-order valence-electron chi connectivity index (χ2n) is 7.41. The van der Waals surface area contributed by atoms with E-state index in [0.717, 1.165) is 22.5 Å². The predicted molar refractivity (Wildman–Crippen MR) is 102 cm³/mol. The van der Waals surface area contributed by atoms with E-state index in [-0.39, 0.29) is 32.0 Å². The van der Waals surface area contributed by atoms with E-state index in [4.69, 9.17) is 4.74 Å². The number of alkyl halides is 3. The standard InChI is InChI=1S/C19H25F3N2O5S/c1-12(2)23-17(25)13(3)29-18(26)14-8-10-24(11-9-14)30(27,28)16-7-5-4-6-15(16)19(20,21)22/h4-7,12-14H,8-11H2,1-3H3,(H,23,25). The largest absolute Gasteiger partial charge is 0.452 e. The lowest BCUT2D eigenvalue weighted by Crippen LogP contribution is -2.43. The molecule has 1 amide bonds.